The molecule has 3 aromatic heterocycles. The Morgan fingerprint density at radius 1 is 1.19 bits per heavy atom. The van der Waals surface area contributed by atoms with E-state index < -0.39 is 0 Å². The van der Waals surface area contributed by atoms with Crippen molar-refractivity contribution in [3.8, 4) is 11.6 Å². The van der Waals surface area contributed by atoms with Gasteiger partial charge in [0, 0.05) is 24.3 Å². The van der Waals surface area contributed by atoms with E-state index >= 15 is 0 Å². The Morgan fingerprint density at radius 2 is 2.05 bits per heavy atom. The van der Waals surface area contributed by atoms with Crippen LogP contribution in [0.4, 0.5) is 21.9 Å². The quantitative estimate of drug-likeness (QED) is 0.212. The fourth-order valence-electron chi connectivity index (χ4n) is 4.93. The summed E-state index contributed by atoms with van der Waals surface area (Å²) >= 11 is 1.53. The van der Waals surface area contributed by atoms with Crippen molar-refractivity contribution in [2.45, 2.75) is 44.9 Å². The van der Waals surface area contributed by atoms with Crippen molar-refractivity contribution in [2.75, 3.05) is 16.9 Å². The second-order valence-corrected chi connectivity index (χ2v) is 10.5. The largest absolute Gasteiger partial charge is 0.439 e. The van der Waals surface area contributed by atoms with Gasteiger partial charge in [-0.15, -0.1) is 11.3 Å². The van der Waals surface area contributed by atoms with Crippen LogP contribution in [0, 0.1) is 6.92 Å². The highest BCUT2D eigenvalue weighted by atomic mass is 32.1. The molecule has 190 valence electrons. The average Bonchev–Trinajstić information content (AvgIpc) is 3.47. The second-order valence-electron chi connectivity index (χ2n) is 9.37. The number of thiophene rings is 1. The van der Waals surface area contributed by atoms with Crippen LogP contribution in [-0.2, 0) is 11.3 Å². The Kier molecular flexibility index (Phi) is 6.47. The number of amides is 2. The van der Waals surface area contributed by atoms with Crippen molar-refractivity contribution >= 4 is 44.6 Å². The molecule has 1 aliphatic heterocycles. The number of rotatable bonds is 8. The highest BCUT2D eigenvalue weighted by Gasteiger charge is 2.32. The van der Waals surface area contributed by atoms with E-state index in [4.69, 9.17) is 15.2 Å². The summed E-state index contributed by atoms with van der Waals surface area (Å²) in [5.41, 5.74) is 9.07. The van der Waals surface area contributed by atoms with Crippen LogP contribution in [0.5, 0.6) is 11.6 Å². The minimum Gasteiger partial charge on any atom is -0.439 e. The summed E-state index contributed by atoms with van der Waals surface area (Å²) in [5.74, 6) is 1.17. The summed E-state index contributed by atoms with van der Waals surface area (Å²) in [6, 6.07) is 13.6. The molecule has 9 nitrogen and oxygen atoms in total. The van der Waals surface area contributed by atoms with Crippen LogP contribution < -0.4 is 26.0 Å². The van der Waals surface area contributed by atoms with Gasteiger partial charge in [0.25, 0.3) is 0 Å². The van der Waals surface area contributed by atoms with Crippen molar-refractivity contribution in [1.29, 1.82) is 0 Å². The number of para-hydroxylation sites is 1. The number of aryl methyl sites for hydroxylation is 1. The molecule has 10 heteroatoms. The number of anilines is 3. The first-order valence-corrected chi connectivity index (χ1v) is 13.2. The van der Waals surface area contributed by atoms with Crippen molar-refractivity contribution in [3.05, 3.63) is 65.3 Å². The number of nitrogens with zero attached hydrogens (tertiary/aromatic N) is 3. The Hall–Kier alpha value is -3.57. The van der Waals surface area contributed by atoms with Crippen LogP contribution >= 0.6 is 11.3 Å². The number of carbonyl (C=O) groups is 1. The number of urea groups is 1. The zero-order chi connectivity index (χ0) is 25.4. The molecule has 4 heterocycles. The summed E-state index contributed by atoms with van der Waals surface area (Å²) in [6.45, 7) is 2.76. The second kappa shape index (κ2) is 10.1. The minimum absolute atomic E-state index is 0.251. The molecule has 4 N–H and O–H groups in total. The molecular formula is C27H28N6O3S. The van der Waals surface area contributed by atoms with Crippen LogP contribution in [0.3, 0.4) is 0 Å². The molecule has 2 atom stereocenters. The number of carbonyl (C=O) groups excluding carboxylic acids is 1. The van der Waals surface area contributed by atoms with E-state index in [9.17, 15) is 4.79 Å². The molecule has 0 bridgehead atoms. The van der Waals surface area contributed by atoms with Crippen LogP contribution in [-0.4, -0.2) is 34.8 Å². The maximum Gasteiger partial charge on any atom is 0.331 e. The molecule has 0 radical (unpaired) electrons. The number of nitrogens with two attached hydrogens (primary N) is 1. The van der Waals surface area contributed by atoms with E-state index in [1.807, 2.05) is 49.4 Å². The van der Waals surface area contributed by atoms with E-state index in [0.717, 1.165) is 51.3 Å². The van der Waals surface area contributed by atoms with Gasteiger partial charge in [-0.25, -0.2) is 14.8 Å². The van der Waals surface area contributed by atoms with E-state index in [1.165, 1.54) is 11.3 Å². The van der Waals surface area contributed by atoms with Gasteiger partial charge in [0.1, 0.15) is 10.6 Å². The number of pyridine rings is 2. The van der Waals surface area contributed by atoms with Gasteiger partial charge in [-0.1, -0.05) is 18.2 Å². The molecule has 2 amide bonds. The zero-order valence-corrected chi connectivity index (χ0v) is 21.3. The first-order chi connectivity index (χ1) is 18.1. The van der Waals surface area contributed by atoms with E-state index in [1.54, 1.807) is 17.3 Å². The lowest BCUT2D eigenvalue weighted by Crippen LogP contribution is -2.34. The lowest BCUT2D eigenvalue weighted by atomic mass is 10.1. The first-order valence-electron chi connectivity index (χ1n) is 12.3. The summed E-state index contributed by atoms with van der Waals surface area (Å²) < 4.78 is 11.8. The third-order valence-electron chi connectivity index (χ3n) is 6.76. The third kappa shape index (κ3) is 4.76. The lowest BCUT2D eigenvalue weighted by molar-refractivity contribution is 0.0978. The Balaban J connectivity index is 1.23. The Labute approximate surface area is 218 Å². The molecule has 1 fully saturated rings. The SMILES string of the molecule is Cc1cc(Oc2ccccc2)ncc1N1C(=O)Nc2c(COCN[C@H]3CC[C@@H](N)C3)sc3nccc1c23. The molecule has 6 rings (SSSR count). The molecule has 37 heavy (non-hydrogen) atoms. The summed E-state index contributed by atoms with van der Waals surface area (Å²) in [4.78, 5) is 25.8. The van der Waals surface area contributed by atoms with Gasteiger partial charge in [0.05, 0.1) is 46.9 Å². The Morgan fingerprint density at radius 3 is 2.84 bits per heavy atom. The van der Waals surface area contributed by atoms with Gasteiger partial charge < -0.3 is 20.5 Å². The summed E-state index contributed by atoms with van der Waals surface area (Å²) in [5, 5.41) is 7.40. The topological polar surface area (TPSA) is 115 Å². The molecule has 1 aromatic carbocycles. The molecule has 2 aliphatic rings. The fraction of sp³-hybridized carbons (Fsp3) is 0.296. The van der Waals surface area contributed by atoms with E-state index in [-0.39, 0.29) is 12.1 Å². The van der Waals surface area contributed by atoms with Crippen LogP contribution in [0.15, 0.2) is 54.9 Å². The van der Waals surface area contributed by atoms with Gasteiger partial charge in [-0.05, 0) is 49.9 Å². The van der Waals surface area contributed by atoms with E-state index in [2.05, 4.69) is 20.6 Å². The number of benzene rings is 1. The number of hydrogen-bond donors (Lipinski definition) is 3. The van der Waals surface area contributed by atoms with Gasteiger partial charge in [0.15, 0.2) is 0 Å². The zero-order valence-electron chi connectivity index (χ0n) is 20.4. The number of aromatic nitrogens is 2. The van der Waals surface area contributed by atoms with Crippen LogP contribution in [0.2, 0.25) is 0 Å². The van der Waals surface area contributed by atoms with Gasteiger partial charge in [-0.3, -0.25) is 10.2 Å². The predicted molar refractivity (Wildman–Crippen MR) is 145 cm³/mol. The molecule has 1 aliphatic carbocycles. The number of nitrogens with one attached hydrogen (secondary N) is 2. The minimum atomic E-state index is -0.251. The molecule has 0 saturated heterocycles. The maximum atomic E-state index is 13.4. The van der Waals surface area contributed by atoms with Crippen molar-refractivity contribution in [2.24, 2.45) is 5.73 Å². The van der Waals surface area contributed by atoms with Crippen molar-refractivity contribution < 1.29 is 14.3 Å². The first kappa shape index (κ1) is 23.8. The number of hydrogen-bond acceptors (Lipinski definition) is 8. The Bertz CT molecular complexity index is 1440. The average molecular weight is 517 g/mol. The molecule has 0 spiro atoms. The molecule has 0 unspecified atom stereocenters. The molecule has 1 saturated carbocycles. The highest BCUT2D eigenvalue weighted by Crippen LogP contribution is 2.46. The summed E-state index contributed by atoms with van der Waals surface area (Å²) in [6.07, 6.45) is 6.50. The van der Waals surface area contributed by atoms with Gasteiger partial charge in [0.2, 0.25) is 5.88 Å². The highest BCUT2D eigenvalue weighted by molar-refractivity contribution is 7.19. The normalized spacial score (nSPS) is 18.9. The molecular weight excluding hydrogens is 488 g/mol. The molecule has 4 aromatic rings. The smallest absolute Gasteiger partial charge is 0.331 e. The van der Waals surface area contributed by atoms with Gasteiger partial charge >= 0.3 is 6.03 Å². The predicted octanol–water partition coefficient (Wildman–Crippen LogP) is 5.42. The fourth-order valence-corrected chi connectivity index (χ4v) is 5.98. The summed E-state index contributed by atoms with van der Waals surface area (Å²) in [7, 11) is 0. The van der Waals surface area contributed by atoms with E-state index in [0.29, 0.717) is 36.7 Å². The maximum absolute atomic E-state index is 13.4. The van der Waals surface area contributed by atoms with Crippen molar-refractivity contribution in [1.82, 2.24) is 15.3 Å². The third-order valence-corrected chi connectivity index (χ3v) is 7.84. The van der Waals surface area contributed by atoms with Crippen molar-refractivity contribution in [3.63, 3.8) is 0 Å². The standard InChI is InChI=1S/C27H28N6O3S/c1-16-11-23(36-19-5-3-2-4-6-19)30-13-21(16)33-20-9-10-29-26-24(20)25(32-27(33)34)22(37-26)14-35-15-31-18-8-7-17(28)12-18/h2-6,9-11,13,17-18,31H,7-8,12,14-15,28H2,1H3,(H,32,34)/t17-,18+/m1/s1. The monoisotopic (exact) mass is 516 g/mol. The lowest BCUT2D eigenvalue weighted by Gasteiger charge is -2.29. The van der Waals surface area contributed by atoms with Gasteiger partial charge in [-0.2, -0.15) is 0 Å². The van der Waals surface area contributed by atoms with Crippen LogP contribution in [0.25, 0.3) is 10.2 Å². The van der Waals surface area contributed by atoms with Crippen LogP contribution in [0.1, 0.15) is 29.7 Å². The number of ether oxygens (including phenoxy) is 2.